The van der Waals surface area contributed by atoms with Gasteiger partial charge in [-0.2, -0.15) is 0 Å². The normalized spacial score (nSPS) is 14.8. The topological polar surface area (TPSA) is 72.7 Å². The van der Waals surface area contributed by atoms with E-state index in [1.54, 1.807) is 6.07 Å². The third-order valence-corrected chi connectivity index (χ3v) is 3.92. The third-order valence-electron chi connectivity index (χ3n) is 3.61. The van der Waals surface area contributed by atoms with Crippen molar-refractivity contribution in [2.75, 3.05) is 0 Å². The molecule has 0 fully saturated rings. The van der Waals surface area contributed by atoms with E-state index in [0.717, 1.165) is 36.7 Å². The highest BCUT2D eigenvalue weighted by atomic mass is 35.5. The number of halogens is 1. The number of hydrogen-bond donors (Lipinski definition) is 1. The summed E-state index contributed by atoms with van der Waals surface area (Å²) in [6, 6.07) is 1.45. The molecule has 2 aromatic heterocycles. The van der Waals surface area contributed by atoms with Gasteiger partial charge in [0.05, 0.1) is 16.6 Å². The fourth-order valence-electron chi connectivity index (χ4n) is 2.53. The highest BCUT2D eigenvalue weighted by Crippen LogP contribution is 2.20. The van der Waals surface area contributed by atoms with Crippen LogP contribution in [-0.2, 0) is 13.0 Å². The molecule has 1 aliphatic heterocycles. The largest absolute Gasteiger partial charge is 0.342 e. The third kappa shape index (κ3) is 2.63. The average molecular weight is 306 g/mol. The van der Waals surface area contributed by atoms with Crippen LogP contribution in [0.5, 0.6) is 0 Å². The van der Waals surface area contributed by atoms with Gasteiger partial charge in [0, 0.05) is 24.9 Å². The van der Waals surface area contributed by atoms with E-state index in [9.17, 15) is 4.79 Å². The molecule has 0 radical (unpaired) electrons. The first-order chi connectivity index (χ1) is 10.1. The van der Waals surface area contributed by atoms with Crippen molar-refractivity contribution < 1.29 is 4.79 Å². The van der Waals surface area contributed by atoms with Crippen LogP contribution in [0.1, 0.15) is 47.1 Å². The summed E-state index contributed by atoms with van der Waals surface area (Å²) in [5.74, 6) is 1.52. The Morgan fingerprint density at radius 1 is 1.48 bits per heavy atom. The summed E-state index contributed by atoms with van der Waals surface area (Å²) >= 11 is 6.09. The smallest absolute Gasteiger partial charge is 0.254 e. The SMILES string of the molecule is Cc1cc(Cl)c(C(=O)NC(C)c2nnc3n2CCC3)cn1. The van der Waals surface area contributed by atoms with E-state index in [4.69, 9.17) is 11.6 Å². The van der Waals surface area contributed by atoms with Gasteiger partial charge in [-0.05, 0) is 26.3 Å². The summed E-state index contributed by atoms with van der Waals surface area (Å²) in [5, 5.41) is 11.6. The Kier molecular flexibility index (Phi) is 3.63. The molecule has 6 nitrogen and oxygen atoms in total. The molecule has 3 heterocycles. The van der Waals surface area contributed by atoms with Crippen molar-refractivity contribution in [1.29, 1.82) is 0 Å². The monoisotopic (exact) mass is 305 g/mol. The molecular formula is C14H16ClN5O. The van der Waals surface area contributed by atoms with Gasteiger partial charge in [0.1, 0.15) is 5.82 Å². The molecule has 110 valence electrons. The molecule has 21 heavy (non-hydrogen) atoms. The molecule has 0 aliphatic carbocycles. The fraction of sp³-hybridized carbons (Fsp3) is 0.429. The number of nitrogens with one attached hydrogen (secondary N) is 1. The van der Waals surface area contributed by atoms with Crippen LogP contribution in [0.15, 0.2) is 12.3 Å². The van der Waals surface area contributed by atoms with Crippen LogP contribution in [0, 0.1) is 6.92 Å². The van der Waals surface area contributed by atoms with Gasteiger partial charge in [0.15, 0.2) is 5.82 Å². The Morgan fingerprint density at radius 2 is 2.29 bits per heavy atom. The minimum absolute atomic E-state index is 0.228. The minimum atomic E-state index is -0.254. The Balaban J connectivity index is 1.77. The molecule has 0 bridgehead atoms. The second kappa shape index (κ2) is 5.44. The quantitative estimate of drug-likeness (QED) is 0.942. The van der Waals surface area contributed by atoms with Crippen molar-refractivity contribution in [3.05, 3.63) is 40.2 Å². The second-order valence-electron chi connectivity index (χ2n) is 5.23. The Morgan fingerprint density at radius 3 is 3.05 bits per heavy atom. The lowest BCUT2D eigenvalue weighted by Crippen LogP contribution is -2.29. The lowest BCUT2D eigenvalue weighted by molar-refractivity contribution is 0.0937. The van der Waals surface area contributed by atoms with Crippen LogP contribution < -0.4 is 5.32 Å². The number of aromatic nitrogens is 4. The fourth-order valence-corrected chi connectivity index (χ4v) is 2.82. The van der Waals surface area contributed by atoms with Gasteiger partial charge >= 0.3 is 0 Å². The van der Waals surface area contributed by atoms with Gasteiger partial charge in [-0.1, -0.05) is 11.6 Å². The molecular weight excluding hydrogens is 290 g/mol. The maximum atomic E-state index is 12.3. The number of carbonyl (C=O) groups excluding carboxylic acids is 1. The van der Waals surface area contributed by atoms with Gasteiger partial charge < -0.3 is 9.88 Å². The number of hydrogen-bond acceptors (Lipinski definition) is 4. The van der Waals surface area contributed by atoms with Crippen LogP contribution in [0.3, 0.4) is 0 Å². The zero-order chi connectivity index (χ0) is 15.0. The summed E-state index contributed by atoms with van der Waals surface area (Å²) in [6.45, 7) is 4.63. The molecule has 0 saturated carbocycles. The summed E-state index contributed by atoms with van der Waals surface area (Å²) < 4.78 is 2.07. The molecule has 0 spiro atoms. The second-order valence-corrected chi connectivity index (χ2v) is 5.64. The van der Waals surface area contributed by atoms with Gasteiger partial charge in [0.2, 0.25) is 0 Å². The first-order valence-electron chi connectivity index (χ1n) is 6.91. The minimum Gasteiger partial charge on any atom is -0.342 e. The van der Waals surface area contributed by atoms with Crippen molar-refractivity contribution in [1.82, 2.24) is 25.1 Å². The zero-order valence-electron chi connectivity index (χ0n) is 11.9. The van der Waals surface area contributed by atoms with Gasteiger partial charge in [-0.15, -0.1) is 10.2 Å². The molecule has 2 aromatic rings. The average Bonchev–Trinajstić information content (AvgIpc) is 3.00. The number of pyridine rings is 1. The lowest BCUT2D eigenvalue weighted by atomic mass is 10.2. The van der Waals surface area contributed by atoms with E-state index in [1.807, 2.05) is 13.8 Å². The van der Waals surface area contributed by atoms with Crippen LogP contribution in [0.4, 0.5) is 0 Å². The van der Waals surface area contributed by atoms with Gasteiger partial charge in [0.25, 0.3) is 5.91 Å². The molecule has 1 amide bonds. The number of fused-ring (bicyclic) bond motifs is 1. The maximum absolute atomic E-state index is 12.3. The van der Waals surface area contributed by atoms with Crippen molar-refractivity contribution in [3.63, 3.8) is 0 Å². The van der Waals surface area contributed by atoms with E-state index in [-0.39, 0.29) is 11.9 Å². The summed E-state index contributed by atoms with van der Waals surface area (Å²) in [6.07, 6.45) is 3.52. The van der Waals surface area contributed by atoms with Crippen LogP contribution in [0.25, 0.3) is 0 Å². The van der Waals surface area contributed by atoms with E-state index >= 15 is 0 Å². The summed E-state index contributed by atoms with van der Waals surface area (Å²) in [4.78, 5) is 16.4. The highest BCUT2D eigenvalue weighted by molar-refractivity contribution is 6.33. The van der Waals surface area contributed by atoms with Crippen molar-refractivity contribution in [3.8, 4) is 0 Å². The standard InChI is InChI=1S/C14H16ClN5O/c1-8-6-11(15)10(7-16-8)14(21)17-9(2)13-19-18-12-4-3-5-20(12)13/h6-7,9H,3-5H2,1-2H3,(H,17,21). The predicted molar refractivity (Wildman–Crippen MR) is 78.2 cm³/mol. The molecule has 7 heteroatoms. The first-order valence-corrected chi connectivity index (χ1v) is 7.29. The molecule has 1 atom stereocenters. The Bertz CT molecular complexity index is 697. The maximum Gasteiger partial charge on any atom is 0.254 e. The van der Waals surface area contributed by atoms with Crippen LogP contribution >= 0.6 is 11.6 Å². The van der Waals surface area contributed by atoms with Crippen LogP contribution in [0.2, 0.25) is 5.02 Å². The highest BCUT2D eigenvalue weighted by Gasteiger charge is 2.23. The van der Waals surface area contributed by atoms with E-state index in [1.165, 1.54) is 6.20 Å². The Hall–Kier alpha value is -1.95. The molecule has 1 aliphatic rings. The number of aryl methyl sites for hydroxylation is 2. The molecule has 0 saturated heterocycles. The van der Waals surface area contributed by atoms with Crippen molar-refractivity contribution >= 4 is 17.5 Å². The van der Waals surface area contributed by atoms with Gasteiger partial charge in [-0.25, -0.2) is 0 Å². The number of nitrogens with zero attached hydrogens (tertiary/aromatic N) is 4. The number of amides is 1. The Labute approximate surface area is 127 Å². The number of carbonyl (C=O) groups is 1. The van der Waals surface area contributed by atoms with E-state index in [2.05, 4.69) is 25.1 Å². The first kappa shape index (κ1) is 14.0. The number of rotatable bonds is 3. The molecule has 1 N–H and O–H groups in total. The van der Waals surface area contributed by atoms with Crippen molar-refractivity contribution in [2.45, 2.75) is 39.3 Å². The zero-order valence-corrected chi connectivity index (χ0v) is 12.7. The predicted octanol–water partition coefficient (Wildman–Crippen LogP) is 2.07. The summed E-state index contributed by atoms with van der Waals surface area (Å²) in [7, 11) is 0. The lowest BCUT2D eigenvalue weighted by Gasteiger charge is -2.14. The molecule has 3 rings (SSSR count). The van der Waals surface area contributed by atoms with Gasteiger partial charge in [-0.3, -0.25) is 9.78 Å². The van der Waals surface area contributed by atoms with Crippen LogP contribution in [-0.4, -0.2) is 25.7 Å². The molecule has 1 unspecified atom stereocenters. The van der Waals surface area contributed by atoms with E-state index in [0.29, 0.717) is 10.6 Å². The van der Waals surface area contributed by atoms with E-state index < -0.39 is 0 Å². The van der Waals surface area contributed by atoms with Crippen molar-refractivity contribution in [2.24, 2.45) is 0 Å². The summed E-state index contributed by atoms with van der Waals surface area (Å²) in [5.41, 5.74) is 1.15. The molecule has 0 aromatic carbocycles.